The lowest BCUT2D eigenvalue weighted by Gasteiger charge is -2.25. The standard InChI is InChI=1S/C12H20N4O4S/c1-4-7-12(2,3)15-21(19,20)11-8-9(16(17)18)5-6-10(11)14-13/h5-6,8,14-15H,4,7,13H2,1-3H3. The summed E-state index contributed by atoms with van der Waals surface area (Å²) in [7, 11) is -3.94. The Morgan fingerprint density at radius 3 is 2.48 bits per heavy atom. The highest BCUT2D eigenvalue weighted by Gasteiger charge is 2.28. The van der Waals surface area contributed by atoms with Crippen LogP contribution in [0.5, 0.6) is 0 Å². The third-order valence-corrected chi connectivity index (χ3v) is 4.64. The number of nitrogens with one attached hydrogen (secondary N) is 2. The summed E-state index contributed by atoms with van der Waals surface area (Å²) in [5.41, 5.74) is 1.36. The van der Waals surface area contributed by atoms with Crippen LogP contribution >= 0.6 is 0 Å². The zero-order chi connectivity index (χ0) is 16.3. The maximum absolute atomic E-state index is 12.4. The van der Waals surface area contributed by atoms with Crippen LogP contribution < -0.4 is 16.0 Å². The molecule has 0 radical (unpaired) electrons. The first-order valence-corrected chi connectivity index (χ1v) is 7.90. The lowest BCUT2D eigenvalue weighted by Crippen LogP contribution is -2.43. The number of non-ortho nitro benzene ring substituents is 1. The number of nitrogens with two attached hydrogens (primary N) is 1. The average molecular weight is 316 g/mol. The van der Waals surface area contributed by atoms with Crippen LogP contribution in [0.1, 0.15) is 33.6 Å². The summed E-state index contributed by atoms with van der Waals surface area (Å²) in [6.07, 6.45) is 1.43. The van der Waals surface area contributed by atoms with Crippen molar-refractivity contribution in [3.63, 3.8) is 0 Å². The number of anilines is 1. The lowest BCUT2D eigenvalue weighted by molar-refractivity contribution is -0.385. The van der Waals surface area contributed by atoms with E-state index in [1.807, 2.05) is 6.92 Å². The average Bonchev–Trinajstić information content (AvgIpc) is 2.36. The molecule has 0 amide bonds. The van der Waals surface area contributed by atoms with Crippen molar-refractivity contribution in [2.45, 2.75) is 44.0 Å². The van der Waals surface area contributed by atoms with E-state index in [1.165, 1.54) is 12.1 Å². The number of hydrogen-bond acceptors (Lipinski definition) is 6. The number of benzene rings is 1. The van der Waals surface area contributed by atoms with Crippen LogP contribution in [0.2, 0.25) is 0 Å². The van der Waals surface area contributed by atoms with Crippen LogP contribution in [0.25, 0.3) is 0 Å². The maximum Gasteiger partial charge on any atom is 0.270 e. The zero-order valence-corrected chi connectivity index (χ0v) is 13.0. The smallest absolute Gasteiger partial charge is 0.270 e. The second kappa shape index (κ2) is 6.37. The van der Waals surface area contributed by atoms with Gasteiger partial charge in [0.15, 0.2) is 0 Å². The Labute approximate surface area is 123 Å². The van der Waals surface area contributed by atoms with E-state index >= 15 is 0 Å². The Bertz CT molecular complexity index is 628. The predicted octanol–water partition coefficient (Wildman–Crippen LogP) is 1.74. The van der Waals surface area contributed by atoms with E-state index in [0.717, 1.165) is 12.5 Å². The summed E-state index contributed by atoms with van der Waals surface area (Å²) in [6, 6.07) is 3.43. The molecule has 0 fully saturated rings. The summed E-state index contributed by atoms with van der Waals surface area (Å²) in [4.78, 5) is 9.90. The molecule has 1 rings (SSSR count). The highest BCUT2D eigenvalue weighted by Crippen LogP contribution is 2.27. The van der Waals surface area contributed by atoms with E-state index < -0.39 is 20.5 Å². The fraction of sp³-hybridized carbons (Fsp3) is 0.500. The Morgan fingerprint density at radius 1 is 1.38 bits per heavy atom. The van der Waals surface area contributed by atoms with Gasteiger partial charge in [-0.25, -0.2) is 13.1 Å². The molecule has 9 heteroatoms. The molecule has 0 aliphatic carbocycles. The van der Waals surface area contributed by atoms with Crippen LogP contribution in [0.15, 0.2) is 23.1 Å². The molecule has 21 heavy (non-hydrogen) atoms. The van der Waals surface area contributed by atoms with Crippen LogP contribution in [-0.2, 0) is 10.0 Å². The van der Waals surface area contributed by atoms with Crippen molar-refractivity contribution in [2.24, 2.45) is 5.84 Å². The number of nitro benzene ring substituents is 1. The summed E-state index contributed by atoms with van der Waals surface area (Å²) < 4.78 is 27.4. The minimum absolute atomic E-state index is 0.0976. The highest BCUT2D eigenvalue weighted by molar-refractivity contribution is 7.89. The van der Waals surface area contributed by atoms with E-state index in [4.69, 9.17) is 5.84 Å². The van der Waals surface area contributed by atoms with Crippen LogP contribution in [0, 0.1) is 10.1 Å². The maximum atomic E-state index is 12.4. The van der Waals surface area contributed by atoms with Crippen molar-refractivity contribution in [3.05, 3.63) is 28.3 Å². The number of hydrazine groups is 1. The molecule has 0 aliphatic rings. The number of hydrogen-bond donors (Lipinski definition) is 3. The second-order valence-corrected chi connectivity index (χ2v) is 6.97. The van der Waals surface area contributed by atoms with Gasteiger partial charge in [-0.3, -0.25) is 16.0 Å². The monoisotopic (exact) mass is 316 g/mol. The Morgan fingerprint density at radius 2 is 2.00 bits per heavy atom. The molecule has 0 spiro atoms. The molecule has 0 aromatic heterocycles. The molecule has 8 nitrogen and oxygen atoms in total. The minimum atomic E-state index is -3.94. The van der Waals surface area contributed by atoms with Gasteiger partial charge in [0, 0.05) is 17.7 Å². The third kappa shape index (κ3) is 4.38. The molecule has 0 unspecified atom stereocenters. The molecule has 0 heterocycles. The van der Waals surface area contributed by atoms with Crippen LogP contribution in [0.3, 0.4) is 0 Å². The van der Waals surface area contributed by atoms with Crippen molar-refractivity contribution in [1.82, 2.24) is 4.72 Å². The van der Waals surface area contributed by atoms with Gasteiger partial charge in [-0.05, 0) is 26.3 Å². The number of nitro groups is 1. The van der Waals surface area contributed by atoms with Gasteiger partial charge >= 0.3 is 0 Å². The number of sulfonamides is 1. The summed E-state index contributed by atoms with van der Waals surface area (Å²) in [6.45, 7) is 5.44. The summed E-state index contributed by atoms with van der Waals surface area (Å²) in [5, 5.41) is 10.8. The lowest BCUT2D eigenvalue weighted by atomic mass is 10.0. The molecule has 0 saturated carbocycles. The minimum Gasteiger partial charge on any atom is -0.323 e. The predicted molar refractivity (Wildman–Crippen MR) is 80.2 cm³/mol. The van der Waals surface area contributed by atoms with Crippen molar-refractivity contribution in [1.29, 1.82) is 0 Å². The second-order valence-electron chi connectivity index (χ2n) is 5.32. The topological polar surface area (TPSA) is 127 Å². The molecule has 0 saturated heterocycles. The molecule has 0 bridgehead atoms. The van der Waals surface area contributed by atoms with E-state index in [2.05, 4.69) is 10.1 Å². The van der Waals surface area contributed by atoms with Crippen molar-refractivity contribution in [2.75, 3.05) is 5.43 Å². The van der Waals surface area contributed by atoms with Gasteiger partial charge in [0.2, 0.25) is 10.0 Å². The molecular formula is C12H20N4O4S. The molecule has 0 atom stereocenters. The number of rotatable bonds is 7. The zero-order valence-electron chi connectivity index (χ0n) is 12.2. The van der Waals surface area contributed by atoms with Gasteiger partial charge in [0.25, 0.3) is 5.69 Å². The molecule has 0 aliphatic heterocycles. The fourth-order valence-electron chi connectivity index (χ4n) is 2.06. The Balaban J connectivity index is 3.29. The first-order chi connectivity index (χ1) is 9.63. The van der Waals surface area contributed by atoms with Gasteiger partial charge in [-0.15, -0.1) is 0 Å². The van der Waals surface area contributed by atoms with E-state index in [9.17, 15) is 18.5 Å². The summed E-state index contributed by atoms with van der Waals surface area (Å²) >= 11 is 0. The first-order valence-electron chi connectivity index (χ1n) is 6.42. The van der Waals surface area contributed by atoms with Gasteiger partial charge in [0.1, 0.15) is 4.90 Å². The Hall–Kier alpha value is -1.71. The van der Waals surface area contributed by atoms with E-state index in [0.29, 0.717) is 6.42 Å². The van der Waals surface area contributed by atoms with Crippen molar-refractivity contribution < 1.29 is 13.3 Å². The van der Waals surface area contributed by atoms with Gasteiger partial charge in [-0.1, -0.05) is 13.3 Å². The normalized spacial score (nSPS) is 12.2. The summed E-state index contributed by atoms with van der Waals surface area (Å²) in [5.74, 6) is 5.28. The molecule has 1 aromatic carbocycles. The third-order valence-electron chi connectivity index (χ3n) is 2.91. The van der Waals surface area contributed by atoms with E-state index in [1.54, 1.807) is 13.8 Å². The first kappa shape index (κ1) is 17.3. The number of nitrogens with zero attached hydrogens (tertiary/aromatic N) is 1. The fourth-order valence-corrected chi connectivity index (χ4v) is 3.69. The number of nitrogen functional groups attached to an aromatic ring is 1. The van der Waals surface area contributed by atoms with Crippen LogP contribution in [0.4, 0.5) is 11.4 Å². The van der Waals surface area contributed by atoms with Crippen molar-refractivity contribution in [3.8, 4) is 0 Å². The van der Waals surface area contributed by atoms with Gasteiger partial charge in [0.05, 0.1) is 10.6 Å². The molecular weight excluding hydrogens is 296 g/mol. The Kier molecular flexibility index (Phi) is 5.26. The highest BCUT2D eigenvalue weighted by atomic mass is 32.2. The van der Waals surface area contributed by atoms with Crippen LogP contribution in [-0.4, -0.2) is 18.9 Å². The van der Waals surface area contributed by atoms with Gasteiger partial charge < -0.3 is 5.43 Å². The van der Waals surface area contributed by atoms with Gasteiger partial charge in [-0.2, -0.15) is 0 Å². The molecule has 4 N–H and O–H groups in total. The quantitative estimate of drug-likeness (QED) is 0.399. The largest absolute Gasteiger partial charge is 0.323 e. The molecule has 1 aromatic rings. The van der Waals surface area contributed by atoms with E-state index in [-0.39, 0.29) is 16.3 Å². The SMILES string of the molecule is CCCC(C)(C)NS(=O)(=O)c1cc([N+](=O)[O-])ccc1NN. The van der Waals surface area contributed by atoms with Crippen molar-refractivity contribution >= 4 is 21.4 Å². The molecule has 118 valence electrons.